The van der Waals surface area contributed by atoms with Crippen LogP contribution in [0, 0.1) is 17.2 Å². The topological polar surface area (TPSA) is 74.7 Å². The standard InChI is InChI=1S/C12H18N4/c1-9(2)12(3,8-14)16-11-5-4-10(6-13)15-7-11/h4-5,7,9,16H,8,14H2,1-3H3. The summed E-state index contributed by atoms with van der Waals surface area (Å²) in [6.07, 6.45) is 1.66. The van der Waals surface area contributed by atoms with E-state index < -0.39 is 0 Å². The van der Waals surface area contributed by atoms with Crippen LogP contribution in [0.3, 0.4) is 0 Å². The second-order valence-corrected chi connectivity index (χ2v) is 4.45. The Morgan fingerprint density at radius 1 is 1.56 bits per heavy atom. The Balaban J connectivity index is 2.83. The zero-order valence-electron chi connectivity index (χ0n) is 9.99. The average Bonchev–Trinajstić information content (AvgIpc) is 2.29. The fourth-order valence-corrected chi connectivity index (χ4v) is 1.29. The van der Waals surface area contributed by atoms with Crippen LogP contribution in [-0.4, -0.2) is 17.1 Å². The minimum absolute atomic E-state index is 0.157. The summed E-state index contributed by atoms with van der Waals surface area (Å²) in [7, 11) is 0. The molecule has 1 unspecified atom stereocenters. The van der Waals surface area contributed by atoms with Crippen molar-refractivity contribution in [3.63, 3.8) is 0 Å². The molecule has 0 aliphatic rings. The number of rotatable bonds is 4. The summed E-state index contributed by atoms with van der Waals surface area (Å²) in [6.45, 7) is 6.87. The molecule has 1 aromatic rings. The lowest BCUT2D eigenvalue weighted by Gasteiger charge is -2.34. The van der Waals surface area contributed by atoms with Crippen molar-refractivity contribution < 1.29 is 0 Å². The molecule has 0 aliphatic carbocycles. The van der Waals surface area contributed by atoms with Crippen molar-refractivity contribution in [3.8, 4) is 6.07 Å². The Hall–Kier alpha value is -1.60. The summed E-state index contributed by atoms with van der Waals surface area (Å²) >= 11 is 0. The summed E-state index contributed by atoms with van der Waals surface area (Å²) < 4.78 is 0. The molecule has 0 radical (unpaired) electrons. The maximum atomic E-state index is 8.64. The van der Waals surface area contributed by atoms with E-state index in [9.17, 15) is 0 Å². The lowest BCUT2D eigenvalue weighted by atomic mass is 9.88. The summed E-state index contributed by atoms with van der Waals surface area (Å²) in [6, 6.07) is 5.53. The number of nitrogens with zero attached hydrogens (tertiary/aromatic N) is 2. The number of nitriles is 1. The van der Waals surface area contributed by atoms with E-state index in [0.717, 1.165) is 5.69 Å². The molecule has 0 amide bonds. The highest BCUT2D eigenvalue weighted by Crippen LogP contribution is 2.21. The molecule has 0 aliphatic heterocycles. The van der Waals surface area contributed by atoms with Crippen LogP contribution in [0.1, 0.15) is 26.5 Å². The largest absolute Gasteiger partial charge is 0.377 e. The van der Waals surface area contributed by atoms with Gasteiger partial charge in [0.05, 0.1) is 11.9 Å². The Morgan fingerprint density at radius 3 is 2.62 bits per heavy atom. The van der Waals surface area contributed by atoms with Gasteiger partial charge in [-0.15, -0.1) is 0 Å². The Bertz CT molecular complexity index is 377. The van der Waals surface area contributed by atoms with E-state index in [1.165, 1.54) is 0 Å². The summed E-state index contributed by atoms with van der Waals surface area (Å²) in [5.74, 6) is 0.410. The maximum Gasteiger partial charge on any atom is 0.140 e. The van der Waals surface area contributed by atoms with Gasteiger partial charge in [-0.1, -0.05) is 13.8 Å². The van der Waals surface area contributed by atoms with Gasteiger partial charge in [0, 0.05) is 12.1 Å². The molecule has 4 nitrogen and oxygen atoms in total. The van der Waals surface area contributed by atoms with Crippen molar-refractivity contribution in [3.05, 3.63) is 24.0 Å². The predicted octanol–water partition coefficient (Wildman–Crippen LogP) is 1.74. The third kappa shape index (κ3) is 2.71. The molecule has 0 aromatic carbocycles. The predicted molar refractivity (Wildman–Crippen MR) is 64.9 cm³/mol. The molecule has 1 rings (SSSR count). The first-order valence-corrected chi connectivity index (χ1v) is 5.36. The van der Waals surface area contributed by atoms with Gasteiger partial charge in [-0.2, -0.15) is 5.26 Å². The van der Waals surface area contributed by atoms with Gasteiger partial charge in [0.25, 0.3) is 0 Å². The third-order valence-corrected chi connectivity index (χ3v) is 3.01. The van der Waals surface area contributed by atoms with Crippen molar-refractivity contribution in [1.82, 2.24) is 4.98 Å². The van der Waals surface area contributed by atoms with Crippen LogP contribution in [0.5, 0.6) is 0 Å². The van der Waals surface area contributed by atoms with Crippen molar-refractivity contribution in [2.45, 2.75) is 26.3 Å². The second kappa shape index (κ2) is 4.95. The first kappa shape index (κ1) is 12.5. The minimum atomic E-state index is -0.157. The van der Waals surface area contributed by atoms with Crippen LogP contribution in [0.4, 0.5) is 5.69 Å². The van der Waals surface area contributed by atoms with E-state index in [-0.39, 0.29) is 5.54 Å². The van der Waals surface area contributed by atoms with E-state index in [0.29, 0.717) is 18.2 Å². The fourth-order valence-electron chi connectivity index (χ4n) is 1.29. The Labute approximate surface area is 96.5 Å². The number of nitrogens with two attached hydrogens (primary N) is 1. The van der Waals surface area contributed by atoms with E-state index in [4.69, 9.17) is 11.0 Å². The van der Waals surface area contributed by atoms with Crippen LogP contribution in [0.2, 0.25) is 0 Å². The van der Waals surface area contributed by atoms with Crippen molar-refractivity contribution in [2.75, 3.05) is 11.9 Å². The first-order chi connectivity index (χ1) is 7.51. The Kier molecular flexibility index (Phi) is 3.86. The highest BCUT2D eigenvalue weighted by Gasteiger charge is 2.26. The second-order valence-electron chi connectivity index (χ2n) is 4.45. The lowest BCUT2D eigenvalue weighted by molar-refractivity contribution is 0.382. The molecule has 1 aromatic heterocycles. The van der Waals surface area contributed by atoms with Gasteiger partial charge in [0.2, 0.25) is 0 Å². The molecule has 0 bridgehead atoms. The minimum Gasteiger partial charge on any atom is -0.377 e. The number of aromatic nitrogens is 1. The molecule has 3 N–H and O–H groups in total. The van der Waals surface area contributed by atoms with Gasteiger partial charge < -0.3 is 11.1 Å². The summed E-state index contributed by atoms with van der Waals surface area (Å²) in [5.41, 5.74) is 6.93. The molecule has 0 saturated heterocycles. The zero-order valence-corrected chi connectivity index (χ0v) is 9.99. The average molecular weight is 218 g/mol. The Morgan fingerprint density at radius 2 is 2.25 bits per heavy atom. The summed E-state index contributed by atoms with van der Waals surface area (Å²) in [4.78, 5) is 4.01. The molecule has 0 saturated carbocycles. The number of nitrogens with one attached hydrogen (secondary N) is 1. The van der Waals surface area contributed by atoms with Gasteiger partial charge in [-0.3, -0.25) is 0 Å². The molecule has 0 spiro atoms. The number of pyridine rings is 1. The normalized spacial score (nSPS) is 14.2. The molecule has 0 fully saturated rings. The van der Waals surface area contributed by atoms with Crippen molar-refractivity contribution >= 4 is 5.69 Å². The van der Waals surface area contributed by atoms with Crippen LogP contribution in [0.15, 0.2) is 18.3 Å². The molecular formula is C12H18N4. The van der Waals surface area contributed by atoms with Gasteiger partial charge in [0.15, 0.2) is 0 Å². The number of anilines is 1. The lowest BCUT2D eigenvalue weighted by Crippen LogP contribution is -2.47. The molecule has 1 heterocycles. The van der Waals surface area contributed by atoms with Crippen molar-refractivity contribution in [1.29, 1.82) is 5.26 Å². The first-order valence-electron chi connectivity index (χ1n) is 5.36. The molecule has 86 valence electrons. The van der Waals surface area contributed by atoms with Crippen LogP contribution in [-0.2, 0) is 0 Å². The van der Waals surface area contributed by atoms with Crippen LogP contribution in [0.25, 0.3) is 0 Å². The monoisotopic (exact) mass is 218 g/mol. The molecular weight excluding hydrogens is 200 g/mol. The van der Waals surface area contributed by atoms with Crippen molar-refractivity contribution in [2.24, 2.45) is 11.7 Å². The van der Waals surface area contributed by atoms with Gasteiger partial charge in [-0.25, -0.2) is 4.98 Å². The number of hydrogen-bond donors (Lipinski definition) is 2. The molecule has 1 atom stereocenters. The van der Waals surface area contributed by atoms with Gasteiger partial charge >= 0.3 is 0 Å². The smallest absolute Gasteiger partial charge is 0.140 e. The molecule has 4 heteroatoms. The quantitative estimate of drug-likeness (QED) is 0.807. The van der Waals surface area contributed by atoms with E-state index in [1.54, 1.807) is 12.3 Å². The van der Waals surface area contributed by atoms with Gasteiger partial charge in [0.1, 0.15) is 11.8 Å². The van der Waals surface area contributed by atoms with E-state index in [2.05, 4.69) is 31.1 Å². The maximum absolute atomic E-state index is 8.64. The zero-order chi connectivity index (χ0) is 12.2. The van der Waals surface area contributed by atoms with E-state index >= 15 is 0 Å². The highest BCUT2D eigenvalue weighted by molar-refractivity contribution is 5.45. The van der Waals surface area contributed by atoms with Gasteiger partial charge in [-0.05, 0) is 25.0 Å². The number of hydrogen-bond acceptors (Lipinski definition) is 4. The highest BCUT2D eigenvalue weighted by atomic mass is 15.0. The summed E-state index contributed by atoms with van der Waals surface area (Å²) in [5, 5.41) is 12.0. The van der Waals surface area contributed by atoms with E-state index in [1.807, 2.05) is 12.1 Å². The van der Waals surface area contributed by atoms with Crippen LogP contribution >= 0.6 is 0 Å². The molecule has 16 heavy (non-hydrogen) atoms. The fraction of sp³-hybridized carbons (Fsp3) is 0.500. The SMILES string of the molecule is CC(C)C(C)(CN)Nc1ccc(C#N)nc1. The third-order valence-electron chi connectivity index (χ3n) is 3.01. The van der Waals surface area contributed by atoms with Crippen LogP contribution < -0.4 is 11.1 Å².